The summed E-state index contributed by atoms with van der Waals surface area (Å²) in [6.45, 7) is 6.78. The van der Waals surface area contributed by atoms with Crippen LogP contribution in [0.2, 0.25) is 0 Å². The van der Waals surface area contributed by atoms with Gasteiger partial charge in [-0.25, -0.2) is 0 Å². The van der Waals surface area contributed by atoms with E-state index in [-0.39, 0.29) is 18.4 Å². The van der Waals surface area contributed by atoms with Gasteiger partial charge in [-0.15, -0.1) is 0 Å². The number of carbonyl (C=O) groups is 2. The highest BCUT2D eigenvalue weighted by molar-refractivity contribution is 6.05. The van der Waals surface area contributed by atoms with E-state index in [1.807, 2.05) is 64.2 Å². The predicted molar refractivity (Wildman–Crippen MR) is 136 cm³/mol. The van der Waals surface area contributed by atoms with Crippen molar-refractivity contribution in [2.24, 2.45) is 0 Å². The number of hydrogen-bond acceptors (Lipinski definition) is 5. The highest BCUT2D eigenvalue weighted by Gasteiger charge is 2.24. The fraction of sp³-hybridized carbons (Fsp3) is 0.286. The van der Waals surface area contributed by atoms with Crippen LogP contribution in [0.4, 0.5) is 11.4 Å². The van der Waals surface area contributed by atoms with Crippen LogP contribution in [0, 0.1) is 20.8 Å². The second-order valence-electron chi connectivity index (χ2n) is 8.93. The third-order valence-corrected chi connectivity index (χ3v) is 6.40. The molecule has 7 heteroatoms. The number of aliphatic carboxylic acids is 1. The van der Waals surface area contributed by atoms with Gasteiger partial charge in [-0.1, -0.05) is 18.2 Å². The summed E-state index contributed by atoms with van der Waals surface area (Å²) in [7, 11) is 2.04. The number of ether oxygens (including phenoxy) is 2. The number of para-hydroxylation sites is 2. The second kappa shape index (κ2) is 10.1. The number of fused-ring (bicyclic) bond motifs is 1. The molecule has 1 aliphatic rings. The fourth-order valence-corrected chi connectivity index (χ4v) is 4.26. The van der Waals surface area contributed by atoms with Crippen molar-refractivity contribution in [1.29, 1.82) is 0 Å². The molecule has 182 valence electrons. The normalized spacial score (nSPS) is 14.6. The number of rotatable bonds is 7. The molecule has 0 aromatic heterocycles. The minimum atomic E-state index is -0.909. The van der Waals surface area contributed by atoms with Gasteiger partial charge in [-0.05, 0) is 79.4 Å². The van der Waals surface area contributed by atoms with Crippen molar-refractivity contribution in [2.45, 2.75) is 33.3 Å². The maximum absolute atomic E-state index is 13.0. The van der Waals surface area contributed by atoms with Crippen LogP contribution in [-0.4, -0.2) is 43.3 Å². The van der Waals surface area contributed by atoms with Crippen molar-refractivity contribution in [3.63, 3.8) is 0 Å². The van der Waals surface area contributed by atoms with Crippen LogP contribution < -0.4 is 19.7 Å². The Bertz CT molecular complexity index is 1270. The van der Waals surface area contributed by atoms with Crippen molar-refractivity contribution in [1.82, 2.24) is 0 Å². The van der Waals surface area contributed by atoms with Gasteiger partial charge in [-0.2, -0.15) is 0 Å². The molecule has 0 saturated carbocycles. The van der Waals surface area contributed by atoms with Gasteiger partial charge in [-0.3, -0.25) is 9.59 Å². The Balaban J connectivity index is 1.43. The Kier molecular flexibility index (Phi) is 6.96. The molecule has 0 spiro atoms. The van der Waals surface area contributed by atoms with E-state index in [1.165, 1.54) is 0 Å². The van der Waals surface area contributed by atoms with Gasteiger partial charge in [0, 0.05) is 18.3 Å². The summed E-state index contributed by atoms with van der Waals surface area (Å²) < 4.78 is 12.2. The maximum atomic E-state index is 13.0. The van der Waals surface area contributed by atoms with Gasteiger partial charge < -0.3 is 24.8 Å². The molecule has 0 saturated heterocycles. The summed E-state index contributed by atoms with van der Waals surface area (Å²) in [4.78, 5) is 26.2. The van der Waals surface area contributed by atoms with E-state index in [9.17, 15) is 9.59 Å². The van der Waals surface area contributed by atoms with Gasteiger partial charge in [0.1, 0.15) is 24.2 Å². The minimum absolute atomic E-state index is 0.0915. The van der Waals surface area contributed by atoms with Crippen molar-refractivity contribution in [2.75, 3.05) is 30.4 Å². The Morgan fingerprint density at radius 1 is 1.09 bits per heavy atom. The van der Waals surface area contributed by atoms with E-state index in [1.54, 1.807) is 18.2 Å². The molecule has 35 heavy (non-hydrogen) atoms. The Labute approximate surface area is 205 Å². The standard InChI is InChI=1S/C28H30N2O5/c1-17-9-10-21(13-20(17)14-27(31)32)29-28(33)23-11-12-25(19(3)18(23)2)34-16-22-15-30(4)24-7-5-6-8-26(24)35-22/h5-13,22H,14-16H2,1-4H3,(H,29,33)(H,31,32)/t22-/m0/s1. The highest BCUT2D eigenvalue weighted by Crippen LogP contribution is 2.32. The molecule has 3 aromatic rings. The topological polar surface area (TPSA) is 88.1 Å². The van der Waals surface area contributed by atoms with Crippen molar-refractivity contribution in [3.05, 3.63) is 82.4 Å². The largest absolute Gasteiger partial charge is 0.489 e. The molecule has 0 radical (unpaired) electrons. The Morgan fingerprint density at radius 2 is 1.86 bits per heavy atom. The van der Waals surface area contributed by atoms with Gasteiger partial charge in [0.2, 0.25) is 0 Å². The van der Waals surface area contributed by atoms with Crippen LogP contribution in [0.1, 0.15) is 32.6 Å². The zero-order chi connectivity index (χ0) is 25.1. The first kappa shape index (κ1) is 24.1. The third kappa shape index (κ3) is 5.40. The quantitative estimate of drug-likeness (QED) is 0.513. The first-order valence-electron chi connectivity index (χ1n) is 11.6. The molecule has 0 unspecified atom stereocenters. The van der Waals surface area contributed by atoms with Gasteiger partial charge in [0.25, 0.3) is 5.91 Å². The van der Waals surface area contributed by atoms with Crippen LogP contribution in [0.3, 0.4) is 0 Å². The van der Waals surface area contributed by atoms with Gasteiger partial charge in [0.15, 0.2) is 0 Å². The molecule has 1 heterocycles. The van der Waals surface area contributed by atoms with Crippen LogP contribution in [-0.2, 0) is 11.2 Å². The average molecular weight is 475 g/mol. The van der Waals surface area contributed by atoms with Crippen molar-refractivity contribution in [3.8, 4) is 11.5 Å². The van der Waals surface area contributed by atoms with Crippen molar-refractivity contribution >= 4 is 23.3 Å². The van der Waals surface area contributed by atoms with E-state index in [0.29, 0.717) is 29.2 Å². The van der Waals surface area contributed by atoms with Crippen molar-refractivity contribution < 1.29 is 24.2 Å². The number of nitrogens with one attached hydrogen (secondary N) is 1. The molecule has 4 rings (SSSR count). The van der Waals surface area contributed by atoms with Crippen LogP contribution in [0.15, 0.2) is 54.6 Å². The number of nitrogens with zero attached hydrogens (tertiary/aromatic N) is 1. The molecule has 7 nitrogen and oxygen atoms in total. The van der Waals surface area contributed by atoms with E-state index >= 15 is 0 Å². The average Bonchev–Trinajstić information content (AvgIpc) is 2.82. The maximum Gasteiger partial charge on any atom is 0.307 e. The first-order chi connectivity index (χ1) is 16.7. The number of carboxylic acid groups (broad SMARTS) is 1. The number of carbonyl (C=O) groups excluding carboxylic acids is 1. The molecule has 0 aliphatic carbocycles. The summed E-state index contributed by atoms with van der Waals surface area (Å²) in [5.41, 5.74) is 5.42. The lowest BCUT2D eigenvalue weighted by Crippen LogP contribution is -2.41. The number of aryl methyl sites for hydroxylation is 1. The smallest absolute Gasteiger partial charge is 0.307 e. The monoisotopic (exact) mass is 474 g/mol. The minimum Gasteiger partial charge on any atom is -0.489 e. The number of hydrogen-bond donors (Lipinski definition) is 2. The van der Waals surface area contributed by atoms with E-state index in [4.69, 9.17) is 14.6 Å². The molecule has 3 aromatic carbocycles. The molecule has 2 N–H and O–H groups in total. The summed E-state index contributed by atoms with van der Waals surface area (Å²) in [6.07, 6.45) is -0.203. The zero-order valence-electron chi connectivity index (χ0n) is 20.4. The fourth-order valence-electron chi connectivity index (χ4n) is 4.26. The molecule has 1 aliphatic heterocycles. The van der Waals surface area contributed by atoms with E-state index < -0.39 is 5.97 Å². The lowest BCUT2D eigenvalue weighted by Gasteiger charge is -2.33. The molecule has 0 bridgehead atoms. The molecule has 1 atom stereocenters. The molecule has 0 fully saturated rings. The second-order valence-corrected chi connectivity index (χ2v) is 8.93. The lowest BCUT2D eigenvalue weighted by atomic mass is 10.0. The molecular formula is C28H30N2O5. The summed E-state index contributed by atoms with van der Waals surface area (Å²) in [5, 5.41) is 12.0. The number of carboxylic acids is 1. The SMILES string of the molecule is Cc1ccc(NC(=O)c2ccc(OC[C@@H]3CN(C)c4ccccc4O3)c(C)c2C)cc1CC(=O)O. The lowest BCUT2D eigenvalue weighted by molar-refractivity contribution is -0.136. The van der Waals surface area contributed by atoms with Crippen LogP contribution in [0.25, 0.3) is 0 Å². The zero-order valence-corrected chi connectivity index (χ0v) is 20.4. The predicted octanol–water partition coefficient (Wildman–Crippen LogP) is 4.77. The number of anilines is 2. The third-order valence-electron chi connectivity index (χ3n) is 6.40. The summed E-state index contributed by atoms with van der Waals surface area (Å²) in [6, 6.07) is 16.8. The first-order valence-corrected chi connectivity index (χ1v) is 11.6. The number of likely N-dealkylation sites (N-methyl/N-ethyl adjacent to an activating group) is 1. The Morgan fingerprint density at radius 3 is 2.63 bits per heavy atom. The Hall–Kier alpha value is -4.00. The van der Waals surface area contributed by atoms with Crippen LogP contribution >= 0.6 is 0 Å². The number of amides is 1. The van der Waals surface area contributed by atoms with Gasteiger partial charge >= 0.3 is 5.97 Å². The highest BCUT2D eigenvalue weighted by atomic mass is 16.5. The van der Waals surface area contributed by atoms with Gasteiger partial charge in [0.05, 0.1) is 18.7 Å². The number of benzene rings is 3. The van der Waals surface area contributed by atoms with E-state index in [0.717, 1.165) is 34.7 Å². The van der Waals surface area contributed by atoms with Crippen LogP contribution in [0.5, 0.6) is 11.5 Å². The summed E-state index contributed by atoms with van der Waals surface area (Å²) in [5.74, 6) is 0.393. The van der Waals surface area contributed by atoms with E-state index in [2.05, 4.69) is 10.2 Å². The molecular weight excluding hydrogens is 444 g/mol. The summed E-state index contributed by atoms with van der Waals surface area (Å²) >= 11 is 0. The molecule has 1 amide bonds.